The molecule has 0 aromatic heterocycles. The molecule has 7 heteroatoms. The van der Waals surface area contributed by atoms with Gasteiger partial charge in [-0.15, -0.1) is 0 Å². The highest BCUT2D eigenvalue weighted by molar-refractivity contribution is 6.26. The molecular weight excluding hydrogens is 252 g/mol. The quantitative estimate of drug-likeness (QED) is 0.492. The first-order valence-electron chi connectivity index (χ1n) is 6.07. The number of hydrogen-bond acceptors (Lipinski definition) is 3. The van der Waals surface area contributed by atoms with Crippen molar-refractivity contribution in [3.8, 4) is 0 Å². The van der Waals surface area contributed by atoms with Crippen molar-refractivity contribution in [2.24, 2.45) is 0 Å². The molecule has 0 rings (SSSR count). The van der Waals surface area contributed by atoms with Crippen LogP contribution in [0.5, 0.6) is 0 Å². The summed E-state index contributed by atoms with van der Waals surface area (Å²) >= 11 is 0. The van der Waals surface area contributed by atoms with E-state index in [1.165, 1.54) is 0 Å². The first kappa shape index (κ1) is 19.5. The van der Waals surface area contributed by atoms with Crippen molar-refractivity contribution < 1.29 is 24.2 Å². The average molecular weight is 276 g/mol. The Bertz CT molecular complexity index is 287. The number of rotatable bonds is 3. The molecule has 0 radical (unpaired) electrons. The second kappa shape index (κ2) is 10.2. The van der Waals surface area contributed by atoms with Gasteiger partial charge in [0.05, 0.1) is 0 Å². The van der Waals surface area contributed by atoms with Gasteiger partial charge in [-0.1, -0.05) is 0 Å². The van der Waals surface area contributed by atoms with Crippen LogP contribution in [-0.4, -0.2) is 41.3 Å². The Hall–Kier alpha value is -1.79. The van der Waals surface area contributed by atoms with Crippen LogP contribution >= 0.6 is 0 Å². The van der Waals surface area contributed by atoms with Crippen LogP contribution in [0, 0.1) is 0 Å². The number of aliphatic carboxylic acids is 2. The number of hydrogen-bond donors (Lipinski definition) is 3. The molecule has 0 spiro atoms. The van der Waals surface area contributed by atoms with Crippen molar-refractivity contribution in [2.45, 2.75) is 59.7 Å². The fourth-order valence-electron chi connectivity index (χ4n) is 0.870. The normalized spacial score (nSPS) is 9.74. The highest BCUT2D eigenvalue weighted by Crippen LogP contribution is 1.95. The summed E-state index contributed by atoms with van der Waals surface area (Å²) in [6.07, 6.45) is 0.201. The van der Waals surface area contributed by atoms with Crippen molar-refractivity contribution in [2.75, 3.05) is 0 Å². The third-order valence-corrected chi connectivity index (χ3v) is 1.37. The molecule has 0 bridgehead atoms. The van der Waals surface area contributed by atoms with Crippen LogP contribution in [0.2, 0.25) is 0 Å². The summed E-state index contributed by atoms with van der Waals surface area (Å²) in [6.45, 7) is 12.4. The van der Waals surface area contributed by atoms with Gasteiger partial charge in [-0.2, -0.15) is 0 Å². The Labute approximate surface area is 113 Å². The molecule has 19 heavy (non-hydrogen) atoms. The molecule has 0 aliphatic rings. The Morgan fingerprint density at radius 1 is 1.00 bits per heavy atom. The number of carbonyl (C=O) groups excluding carboxylic acids is 2. The van der Waals surface area contributed by atoms with Gasteiger partial charge in [-0.05, 0) is 27.7 Å². The Balaban J connectivity index is 0. The third kappa shape index (κ3) is 16.2. The third-order valence-electron chi connectivity index (χ3n) is 1.37. The second-order valence-electron chi connectivity index (χ2n) is 4.69. The number of carboxylic acid groups (broad SMARTS) is 2. The van der Waals surface area contributed by atoms with E-state index in [2.05, 4.69) is 38.3 Å². The number of urea groups is 1. The summed E-state index contributed by atoms with van der Waals surface area (Å²) in [6, 6.07) is 1.56. The smallest absolute Gasteiger partial charge is 0.500 e. The van der Waals surface area contributed by atoms with E-state index in [0.29, 0.717) is 12.1 Å². The van der Waals surface area contributed by atoms with Crippen LogP contribution in [0.25, 0.3) is 0 Å². The molecule has 3 N–H and O–H groups in total. The molecular formula is C12H24N2O5. The Morgan fingerprint density at radius 2 is 1.32 bits per heavy atom. The number of amides is 2. The van der Waals surface area contributed by atoms with Gasteiger partial charge in [0.25, 0.3) is 6.10 Å². The van der Waals surface area contributed by atoms with Crippen molar-refractivity contribution in [1.82, 2.24) is 10.6 Å². The summed E-state index contributed by atoms with van der Waals surface area (Å²) in [5.41, 5.74) is 0. The van der Waals surface area contributed by atoms with Gasteiger partial charge >= 0.3 is 12.0 Å². The molecule has 0 unspecified atom stereocenters. The van der Waals surface area contributed by atoms with Crippen LogP contribution in [0.3, 0.4) is 0 Å². The molecule has 0 saturated carbocycles. The van der Waals surface area contributed by atoms with Gasteiger partial charge in [0.2, 0.25) is 0 Å². The number of carbonyl (C=O) groups is 2. The molecule has 2 amide bonds. The lowest BCUT2D eigenvalue weighted by Crippen LogP contribution is -2.43. The van der Waals surface area contributed by atoms with Crippen LogP contribution in [-0.2, 0) is 9.59 Å². The number of carboxylic acids is 2. The monoisotopic (exact) mass is 276 g/mol. The van der Waals surface area contributed by atoms with Crippen LogP contribution in [0.4, 0.5) is 4.42 Å². The van der Waals surface area contributed by atoms with Crippen LogP contribution in [0.15, 0.2) is 0 Å². The molecule has 0 aliphatic carbocycles. The lowest BCUT2D eigenvalue weighted by molar-refractivity contribution is -0.303. The first-order valence-corrected chi connectivity index (χ1v) is 6.07. The molecule has 0 saturated heterocycles. The summed E-state index contributed by atoms with van der Waals surface area (Å²) < 4.78 is 5.57. The van der Waals surface area contributed by atoms with Crippen LogP contribution in [0.1, 0.15) is 41.5 Å². The van der Waals surface area contributed by atoms with Gasteiger partial charge < -0.3 is 15.0 Å². The molecule has 0 atom stereocenters. The lowest BCUT2D eigenvalue weighted by atomic mass is 10.4. The van der Waals surface area contributed by atoms with Gasteiger partial charge in [0.15, 0.2) is 5.97 Å². The topological polar surface area (TPSA) is 113 Å². The summed E-state index contributed by atoms with van der Waals surface area (Å²) in [5.74, 6) is -4.01. The molecule has 0 aliphatic heterocycles. The van der Waals surface area contributed by atoms with E-state index < -0.39 is 11.9 Å². The van der Waals surface area contributed by atoms with Crippen molar-refractivity contribution >= 4 is 18.0 Å². The zero-order valence-electron chi connectivity index (χ0n) is 12.3. The van der Waals surface area contributed by atoms with Crippen molar-refractivity contribution in [1.29, 1.82) is 0 Å². The Kier molecular flexibility index (Phi) is 10.5. The van der Waals surface area contributed by atoms with Crippen molar-refractivity contribution in [3.05, 3.63) is 0 Å². The highest BCUT2D eigenvalue weighted by atomic mass is 16.4. The standard InChI is InChI=1S/C10H23N2O.C2H2O4/c1-7(2)11-10(12-8(3)4)13-9(5)6;3-1(4)2(5)6/h7-9,11-12H,1-6H3;(H,3,4)(H,5,6)/q+1;/p-1. The van der Waals surface area contributed by atoms with E-state index in [4.69, 9.17) is 24.2 Å². The predicted molar refractivity (Wildman–Crippen MR) is 69.7 cm³/mol. The maximum absolute atomic E-state index is 9.04. The van der Waals surface area contributed by atoms with E-state index >= 15 is 0 Å². The van der Waals surface area contributed by atoms with E-state index in [0.717, 1.165) is 6.03 Å². The number of nitrogens with one attached hydrogen (secondary N) is 2. The molecule has 7 nitrogen and oxygen atoms in total. The molecule has 0 aromatic rings. The zero-order valence-corrected chi connectivity index (χ0v) is 12.3. The molecule has 0 fully saturated rings. The largest absolute Gasteiger partial charge is 0.539 e. The predicted octanol–water partition coefficient (Wildman–Crippen LogP) is -0.133. The van der Waals surface area contributed by atoms with Gasteiger partial charge in [0, 0.05) is 25.9 Å². The molecule has 112 valence electrons. The summed E-state index contributed by atoms with van der Waals surface area (Å²) in [4.78, 5) is 18.0. The van der Waals surface area contributed by atoms with E-state index in [1.807, 2.05) is 13.8 Å². The van der Waals surface area contributed by atoms with Crippen molar-refractivity contribution in [3.63, 3.8) is 0 Å². The molecule has 0 aromatic carbocycles. The molecule has 0 heterocycles. The van der Waals surface area contributed by atoms with E-state index in [9.17, 15) is 0 Å². The summed E-state index contributed by atoms with van der Waals surface area (Å²) in [7, 11) is 0. The van der Waals surface area contributed by atoms with Gasteiger partial charge in [0.1, 0.15) is 0 Å². The minimum absolute atomic E-state index is 0.201. The van der Waals surface area contributed by atoms with E-state index in [-0.39, 0.29) is 6.10 Å². The maximum atomic E-state index is 9.04. The zero-order chi connectivity index (χ0) is 15.6. The van der Waals surface area contributed by atoms with Gasteiger partial charge in [-0.25, -0.2) is 9.22 Å². The summed E-state index contributed by atoms with van der Waals surface area (Å²) in [5, 5.41) is 22.8. The Morgan fingerprint density at radius 3 is 1.47 bits per heavy atom. The fraction of sp³-hybridized carbons (Fsp3) is 0.750. The first-order chi connectivity index (χ1) is 8.56. The maximum Gasteiger partial charge on any atom is 0.500 e. The van der Waals surface area contributed by atoms with E-state index in [1.54, 1.807) is 0 Å². The fourth-order valence-corrected chi connectivity index (χ4v) is 0.870. The lowest BCUT2D eigenvalue weighted by Gasteiger charge is -2.09. The minimum atomic E-state index is -2.07. The highest BCUT2D eigenvalue weighted by Gasteiger charge is 2.15. The second-order valence-corrected chi connectivity index (χ2v) is 4.69. The minimum Gasteiger partial charge on any atom is -0.539 e. The van der Waals surface area contributed by atoms with Crippen LogP contribution < -0.4 is 15.7 Å². The van der Waals surface area contributed by atoms with Gasteiger partial charge in [-0.3, -0.25) is 10.6 Å². The average Bonchev–Trinajstić information content (AvgIpc) is 2.14. The SMILES string of the molecule is CC(C)NC(NC(C)C)=[O+]C(C)C.O=C([O-])C(=O)O.